The van der Waals surface area contributed by atoms with Gasteiger partial charge in [0.1, 0.15) is 17.4 Å². The van der Waals surface area contributed by atoms with Crippen LogP contribution in [0, 0.1) is 5.82 Å². The van der Waals surface area contributed by atoms with Crippen molar-refractivity contribution in [3.05, 3.63) is 40.8 Å². The van der Waals surface area contributed by atoms with Gasteiger partial charge in [0.25, 0.3) is 12.0 Å². The molecule has 0 saturated carbocycles. The number of anilines is 2. The van der Waals surface area contributed by atoms with Crippen molar-refractivity contribution < 1.29 is 22.7 Å². The maximum absolute atomic E-state index is 14.4. The number of hydrogen-bond acceptors (Lipinski definition) is 7. The summed E-state index contributed by atoms with van der Waals surface area (Å²) in [5, 5.41) is 7.12. The summed E-state index contributed by atoms with van der Waals surface area (Å²) in [7, 11) is 0. The number of nitrogen functional groups attached to an aromatic ring is 1. The SMILES string of the molecule is CC(C)(C)OC(=O)N[C@@H]1CCCN(c2cc(-c3cc(F)c(=O)n(CC(F)F)c3)n3ncnc(N)c23)C1. The fraction of sp³-hybridized carbons (Fsp3) is 0.478. The van der Waals surface area contributed by atoms with Crippen LogP contribution in [-0.2, 0) is 11.3 Å². The van der Waals surface area contributed by atoms with Gasteiger partial charge >= 0.3 is 6.09 Å². The smallest absolute Gasteiger partial charge is 0.407 e. The second-order valence-electron chi connectivity index (χ2n) is 9.68. The Hall–Kier alpha value is -3.77. The number of nitrogens with zero attached hydrogens (tertiary/aromatic N) is 5. The van der Waals surface area contributed by atoms with Crippen molar-refractivity contribution >= 4 is 23.1 Å². The summed E-state index contributed by atoms with van der Waals surface area (Å²) >= 11 is 0. The summed E-state index contributed by atoms with van der Waals surface area (Å²) in [6.45, 7) is 5.48. The number of ether oxygens (including phenoxy) is 1. The molecule has 1 atom stereocenters. The Morgan fingerprint density at radius 3 is 2.78 bits per heavy atom. The number of halogens is 3. The molecule has 3 aromatic heterocycles. The maximum Gasteiger partial charge on any atom is 0.407 e. The number of carbonyl (C=O) groups is 1. The highest BCUT2D eigenvalue weighted by atomic mass is 19.3. The molecule has 1 saturated heterocycles. The van der Waals surface area contributed by atoms with E-state index in [4.69, 9.17) is 10.5 Å². The van der Waals surface area contributed by atoms with Crippen molar-refractivity contribution in [3.8, 4) is 11.3 Å². The molecule has 36 heavy (non-hydrogen) atoms. The zero-order valence-electron chi connectivity index (χ0n) is 20.2. The Morgan fingerprint density at radius 2 is 2.08 bits per heavy atom. The highest BCUT2D eigenvalue weighted by Crippen LogP contribution is 2.35. The van der Waals surface area contributed by atoms with Gasteiger partial charge in [-0.3, -0.25) is 4.79 Å². The number of rotatable bonds is 5. The molecule has 10 nitrogen and oxygen atoms in total. The molecule has 0 radical (unpaired) electrons. The van der Waals surface area contributed by atoms with Gasteiger partial charge in [0, 0.05) is 30.9 Å². The van der Waals surface area contributed by atoms with Crippen LogP contribution < -0.4 is 21.5 Å². The van der Waals surface area contributed by atoms with Crippen molar-refractivity contribution in [1.29, 1.82) is 0 Å². The number of amides is 1. The summed E-state index contributed by atoms with van der Waals surface area (Å²) in [5.74, 6) is -0.999. The first-order valence-corrected chi connectivity index (χ1v) is 11.5. The molecule has 1 aliphatic rings. The van der Waals surface area contributed by atoms with Crippen LogP contribution in [0.15, 0.2) is 29.5 Å². The van der Waals surface area contributed by atoms with Crippen LogP contribution >= 0.6 is 0 Å². The Labute approximate surface area is 204 Å². The molecule has 4 heterocycles. The second kappa shape index (κ2) is 9.70. The lowest BCUT2D eigenvalue weighted by Crippen LogP contribution is -2.49. The lowest BCUT2D eigenvalue weighted by Gasteiger charge is -2.34. The van der Waals surface area contributed by atoms with E-state index in [1.165, 1.54) is 17.0 Å². The molecule has 0 bridgehead atoms. The molecule has 3 N–H and O–H groups in total. The molecule has 0 unspecified atom stereocenters. The third-order valence-electron chi connectivity index (χ3n) is 5.72. The first kappa shape index (κ1) is 25.3. The molecule has 0 aromatic carbocycles. The first-order valence-electron chi connectivity index (χ1n) is 11.5. The average molecular weight is 508 g/mol. The number of carbonyl (C=O) groups excluding carboxylic acids is 1. The number of fused-ring (bicyclic) bond motifs is 1. The standard InChI is InChI=1S/C23H28F3N7O3/c1-23(2,3)36-22(35)30-14-5-4-6-31(10-14)17-8-16(33-19(17)20(27)28-12-29-33)13-7-15(24)21(34)32(9-13)11-18(25)26/h7-9,12,14,18H,4-6,10-11H2,1-3H3,(H,30,35)(H2,27,28,29)/t14-/m1/s1. The van der Waals surface area contributed by atoms with E-state index in [1.807, 2.05) is 4.90 Å². The number of nitrogens with one attached hydrogen (secondary N) is 1. The van der Waals surface area contributed by atoms with Crippen LogP contribution in [0.1, 0.15) is 33.6 Å². The number of pyridine rings is 1. The van der Waals surface area contributed by atoms with Crippen LogP contribution in [0.4, 0.5) is 29.5 Å². The molecule has 13 heteroatoms. The maximum atomic E-state index is 14.4. The third-order valence-corrected chi connectivity index (χ3v) is 5.72. The van der Waals surface area contributed by atoms with E-state index < -0.39 is 36.0 Å². The van der Waals surface area contributed by atoms with E-state index in [9.17, 15) is 22.8 Å². The lowest BCUT2D eigenvalue weighted by atomic mass is 10.1. The number of hydrogen-bond donors (Lipinski definition) is 2. The topological polar surface area (TPSA) is 120 Å². The summed E-state index contributed by atoms with van der Waals surface area (Å²) in [6, 6.07) is 2.47. The molecule has 194 valence electrons. The van der Waals surface area contributed by atoms with Crippen molar-refractivity contribution in [2.75, 3.05) is 23.7 Å². The van der Waals surface area contributed by atoms with Crippen molar-refractivity contribution in [3.63, 3.8) is 0 Å². The van der Waals surface area contributed by atoms with Gasteiger partial charge in [0.2, 0.25) is 0 Å². The third kappa shape index (κ3) is 5.39. The molecular formula is C23H28F3N7O3. The van der Waals surface area contributed by atoms with Crippen molar-refractivity contribution in [2.45, 2.75) is 58.2 Å². The summed E-state index contributed by atoms with van der Waals surface area (Å²) in [6.07, 6.45) is 0.544. The minimum absolute atomic E-state index is 0.162. The Morgan fingerprint density at radius 1 is 1.33 bits per heavy atom. The van der Waals surface area contributed by atoms with E-state index in [0.29, 0.717) is 34.6 Å². The first-order chi connectivity index (χ1) is 16.9. The van der Waals surface area contributed by atoms with E-state index >= 15 is 0 Å². The summed E-state index contributed by atoms with van der Waals surface area (Å²) in [5.41, 5.74) is 6.00. The summed E-state index contributed by atoms with van der Waals surface area (Å²) in [4.78, 5) is 30.4. The zero-order valence-corrected chi connectivity index (χ0v) is 20.2. The minimum Gasteiger partial charge on any atom is -0.444 e. The van der Waals surface area contributed by atoms with Crippen LogP contribution in [0.3, 0.4) is 0 Å². The fourth-order valence-electron chi connectivity index (χ4n) is 4.31. The highest BCUT2D eigenvalue weighted by Gasteiger charge is 2.28. The van der Waals surface area contributed by atoms with Gasteiger partial charge in [-0.05, 0) is 45.7 Å². The predicted molar refractivity (Wildman–Crippen MR) is 128 cm³/mol. The monoisotopic (exact) mass is 507 g/mol. The normalized spacial score (nSPS) is 16.5. The van der Waals surface area contributed by atoms with E-state index in [2.05, 4.69) is 15.4 Å². The molecule has 1 amide bonds. The molecule has 3 aromatic rings. The molecule has 1 fully saturated rings. The van der Waals surface area contributed by atoms with Crippen molar-refractivity contribution in [2.24, 2.45) is 0 Å². The van der Waals surface area contributed by atoms with Crippen molar-refractivity contribution in [1.82, 2.24) is 24.5 Å². The van der Waals surface area contributed by atoms with E-state index in [0.717, 1.165) is 18.9 Å². The number of alkyl halides is 2. The van der Waals surface area contributed by atoms with Crippen LogP contribution in [0.25, 0.3) is 16.8 Å². The van der Waals surface area contributed by atoms with Crippen LogP contribution in [0.5, 0.6) is 0 Å². The zero-order chi connectivity index (χ0) is 26.2. The van der Waals surface area contributed by atoms with Crippen LogP contribution in [0.2, 0.25) is 0 Å². The van der Waals surface area contributed by atoms with E-state index in [1.54, 1.807) is 26.8 Å². The molecule has 4 rings (SSSR count). The minimum atomic E-state index is -2.84. The molecule has 0 aliphatic carbocycles. The Bertz CT molecular complexity index is 1330. The molecule has 1 aliphatic heterocycles. The van der Waals surface area contributed by atoms with Gasteiger partial charge in [-0.1, -0.05) is 0 Å². The van der Waals surface area contributed by atoms with E-state index in [-0.39, 0.29) is 17.4 Å². The van der Waals surface area contributed by atoms with Gasteiger partial charge in [-0.2, -0.15) is 5.10 Å². The fourth-order valence-corrected chi connectivity index (χ4v) is 4.31. The molecular weight excluding hydrogens is 479 g/mol. The number of alkyl carbamates (subject to hydrolysis) is 1. The summed E-state index contributed by atoms with van der Waals surface area (Å²) < 4.78 is 47.8. The van der Waals surface area contributed by atoms with Gasteiger partial charge in [-0.25, -0.2) is 27.5 Å². The average Bonchev–Trinajstić information content (AvgIpc) is 3.16. The quantitative estimate of drug-likeness (QED) is 0.545. The molecule has 0 spiro atoms. The number of aromatic nitrogens is 4. The van der Waals surface area contributed by atoms with Gasteiger partial charge < -0.3 is 25.3 Å². The van der Waals surface area contributed by atoms with Gasteiger partial charge in [0.05, 0.1) is 17.9 Å². The number of nitrogens with two attached hydrogens (primary N) is 1. The second-order valence-corrected chi connectivity index (χ2v) is 9.68. The Kier molecular flexibility index (Phi) is 6.83. The van der Waals surface area contributed by atoms with Gasteiger partial charge in [-0.15, -0.1) is 0 Å². The lowest BCUT2D eigenvalue weighted by molar-refractivity contribution is 0.0500. The largest absolute Gasteiger partial charge is 0.444 e. The van der Waals surface area contributed by atoms with Crippen LogP contribution in [-0.4, -0.2) is 56.4 Å². The number of piperidine rings is 1. The highest BCUT2D eigenvalue weighted by molar-refractivity contribution is 5.88. The Balaban J connectivity index is 1.71. The van der Waals surface area contributed by atoms with Gasteiger partial charge in [0.15, 0.2) is 11.6 Å². The predicted octanol–water partition coefficient (Wildman–Crippen LogP) is 3.04.